The summed E-state index contributed by atoms with van der Waals surface area (Å²) in [4.78, 5) is 17.4. The van der Waals surface area contributed by atoms with E-state index in [0.29, 0.717) is 0 Å². The van der Waals surface area contributed by atoms with Crippen LogP contribution < -0.4 is 5.32 Å². The quantitative estimate of drug-likeness (QED) is 0.779. The molecule has 2 aromatic heterocycles. The van der Waals surface area contributed by atoms with E-state index in [-0.39, 0.29) is 17.9 Å². The van der Waals surface area contributed by atoms with Gasteiger partial charge in [-0.05, 0) is 52.0 Å². The van der Waals surface area contributed by atoms with E-state index in [1.54, 1.807) is 0 Å². The van der Waals surface area contributed by atoms with E-state index in [4.69, 9.17) is 4.42 Å². The van der Waals surface area contributed by atoms with E-state index in [1.807, 2.05) is 6.92 Å². The molecule has 0 saturated carbocycles. The third kappa shape index (κ3) is 4.75. The van der Waals surface area contributed by atoms with Gasteiger partial charge in [-0.3, -0.25) is 9.69 Å². The Hall–Kier alpha value is -2.19. The number of amides is 1. The lowest BCUT2D eigenvalue weighted by molar-refractivity contribution is -0.127. The number of aromatic nitrogens is 3. The third-order valence-electron chi connectivity index (χ3n) is 6.43. The van der Waals surface area contributed by atoms with Gasteiger partial charge in [0, 0.05) is 38.4 Å². The van der Waals surface area contributed by atoms with Gasteiger partial charge in [0.15, 0.2) is 5.82 Å². The molecule has 30 heavy (non-hydrogen) atoms. The summed E-state index contributed by atoms with van der Waals surface area (Å²) in [5.74, 6) is 4.16. The number of nitrogens with one attached hydrogen (secondary N) is 1. The smallest absolute Gasteiger partial charge is 0.223 e. The summed E-state index contributed by atoms with van der Waals surface area (Å²) in [7, 11) is 2.11. The van der Waals surface area contributed by atoms with Crippen molar-refractivity contribution in [2.75, 3.05) is 33.2 Å². The van der Waals surface area contributed by atoms with Gasteiger partial charge in [0.05, 0.1) is 12.6 Å². The first-order valence-electron chi connectivity index (χ1n) is 11.2. The van der Waals surface area contributed by atoms with E-state index in [0.717, 1.165) is 88.1 Å². The fourth-order valence-corrected chi connectivity index (χ4v) is 4.45. The number of furan rings is 1. The van der Waals surface area contributed by atoms with Gasteiger partial charge in [-0.2, -0.15) is 0 Å². The zero-order chi connectivity index (χ0) is 21.1. The van der Waals surface area contributed by atoms with E-state index in [9.17, 15) is 4.79 Å². The maximum Gasteiger partial charge on any atom is 0.223 e. The second-order valence-electron chi connectivity index (χ2n) is 8.68. The lowest BCUT2D eigenvalue weighted by atomic mass is 9.96. The summed E-state index contributed by atoms with van der Waals surface area (Å²) < 4.78 is 8.07. The Bertz CT molecular complexity index is 852. The normalized spacial score (nSPS) is 20.0. The van der Waals surface area contributed by atoms with E-state index in [1.165, 1.54) is 0 Å². The zero-order valence-corrected chi connectivity index (χ0v) is 18.4. The fraction of sp³-hybridized carbons (Fsp3) is 0.682. The first kappa shape index (κ1) is 21.1. The molecular weight excluding hydrogens is 380 g/mol. The van der Waals surface area contributed by atoms with Gasteiger partial charge in [-0.15, -0.1) is 10.2 Å². The number of hydrogen-bond donors (Lipinski definition) is 1. The minimum Gasteiger partial charge on any atom is -0.465 e. The molecule has 1 atom stereocenters. The molecule has 2 aromatic rings. The summed E-state index contributed by atoms with van der Waals surface area (Å²) in [6, 6.07) is 4.01. The number of likely N-dealkylation sites (tertiary alicyclic amines) is 1. The molecule has 0 spiro atoms. The Labute approximate surface area is 178 Å². The van der Waals surface area contributed by atoms with Crippen LogP contribution in [0.15, 0.2) is 16.5 Å². The van der Waals surface area contributed by atoms with Crippen LogP contribution in [0.25, 0.3) is 0 Å². The number of carbonyl (C=O) groups is 1. The van der Waals surface area contributed by atoms with Crippen LogP contribution in [0.2, 0.25) is 0 Å². The highest BCUT2D eigenvalue weighted by molar-refractivity contribution is 5.79. The maximum absolute atomic E-state index is 12.7. The van der Waals surface area contributed by atoms with Crippen molar-refractivity contribution < 1.29 is 9.21 Å². The molecule has 164 valence electrons. The van der Waals surface area contributed by atoms with Crippen molar-refractivity contribution in [2.45, 2.75) is 58.7 Å². The van der Waals surface area contributed by atoms with Crippen molar-refractivity contribution in [3.8, 4) is 0 Å². The van der Waals surface area contributed by atoms with Crippen LogP contribution >= 0.6 is 0 Å². The first-order valence-corrected chi connectivity index (χ1v) is 11.2. The molecule has 4 heterocycles. The van der Waals surface area contributed by atoms with E-state index >= 15 is 0 Å². The molecular formula is C22H34N6O2. The first-order chi connectivity index (χ1) is 14.5. The number of aryl methyl sites for hydroxylation is 1. The molecule has 0 radical (unpaired) electrons. The fourth-order valence-electron chi connectivity index (χ4n) is 4.45. The molecule has 1 unspecified atom stereocenters. The van der Waals surface area contributed by atoms with Crippen LogP contribution in [-0.2, 0) is 30.7 Å². The predicted molar refractivity (Wildman–Crippen MR) is 114 cm³/mol. The topological polar surface area (TPSA) is 79.4 Å². The van der Waals surface area contributed by atoms with Gasteiger partial charge < -0.3 is 19.2 Å². The Morgan fingerprint density at radius 1 is 1.17 bits per heavy atom. The van der Waals surface area contributed by atoms with E-state index in [2.05, 4.69) is 56.0 Å². The highest BCUT2D eigenvalue weighted by Gasteiger charge is 2.27. The van der Waals surface area contributed by atoms with Gasteiger partial charge in [-0.1, -0.05) is 6.92 Å². The summed E-state index contributed by atoms with van der Waals surface area (Å²) in [6.07, 6.45) is 3.62. The largest absolute Gasteiger partial charge is 0.465 e. The highest BCUT2D eigenvalue weighted by Crippen LogP contribution is 2.20. The average Bonchev–Trinajstić information content (AvgIpc) is 3.32. The molecule has 1 N–H and O–H groups in total. The lowest BCUT2D eigenvalue weighted by Crippen LogP contribution is -2.40. The monoisotopic (exact) mass is 414 g/mol. The van der Waals surface area contributed by atoms with Crippen molar-refractivity contribution in [1.82, 2.24) is 29.9 Å². The third-order valence-corrected chi connectivity index (χ3v) is 6.43. The number of piperidine rings is 1. The van der Waals surface area contributed by atoms with Crippen molar-refractivity contribution >= 4 is 5.91 Å². The maximum atomic E-state index is 12.7. The molecule has 0 bridgehead atoms. The summed E-state index contributed by atoms with van der Waals surface area (Å²) in [5.41, 5.74) is 0. The van der Waals surface area contributed by atoms with Crippen LogP contribution in [-0.4, -0.2) is 63.7 Å². The van der Waals surface area contributed by atoms with E-state index < -0.39 is 0 Å². The molecule has 1 saturated heterocycles. The van der Waals surface area contributed by atoms with Gasteiger partial charge in [0.2, 0.25) is 5.91 Å². The molecule has 1 amide bonds. The van der Waals surface area contributed by atoms with Crippen molar-refractivity contribution in [3.05, 3.63) is 35.3 Å². The van der Waals surface area contributed by atoms with Crippen molar-refractivity contribution in [2.24, 2.45) is 5.92 Å². The van der Waals surface area contributed by atoms with Crippen molar-refractivity contribution in [1.29, 1.82) is 0 Å². The summed E-state index contributed by atoms with van der Waals surface area (Å²) in [5, 5.41) is 12.0. The molecule has 8 nitrogen and oxygen atoms in total. The molecule has 0 aromatic carbocycles. The molecule has 8 heteroatoms. The van der Waals surface area contributed by atoms with Gasteiger partial charge >= 0.3 is 0 Å². The van der Waals surface area contributed by atoms with Crippen molar-refractivity contribution in [3.63, 3.8) is 0 Å². The number of nitrogens with zero attached hydrogens (tertiary/aromatic N) is 5. The second kappa shape index (κ2) is 9.31. The van der Waals surface area contributed by atoms with Gasteiger partial charge in [0.25, 0.3) is 0 Å². The zero-order valence-electron chi connectivity index (χ0n) is 18.4. The Balaban J connectivity index is 1.35. The van der Waals surface area contributed by atoms with Gasteiger partial charge in [0.1, 0.15) is 17.3 Å². The molecule has 2 aliphatic heterocycles. The second-order valence-corrected chi connectivity index (χ2v) is 8.68. The SMILES string of the molecule is CCc1ccc(CN2CCc3nnc(C(C)NC(=O)C4CCN(C)CC4)n3CC2)o1. The van der Waals surface area contributed by atoms with Crippen LogP contribution in [0, 0.1) is 5.92 Å². The number of rotatable bonds is 6. The Kier molecular flexibility index (Phi) is 6.53. The molecule has 4 rings (SSSR count). The van der Waals surface area contributed by atoms with Crippen LogP contribution in [0.3, 0.4) is 0 Å². The van der Waals surface area contributed by atoms with Gasteiger partial charge in [-0.25, -0.2) is 0 Å². The highest BCUT2D eigenvalue weighted by atomic mass is 16.3. The summed E-state index contributed by atoms with van der Waals surface area (Å²) >= 11 is 0. The number of fused-ring (bicyclic) bond motifs is 1. The lowest BCUT2D eigenvalue weighted by Gasteiger charge is -2.29. The van der Waals surface area contributed by atoms with Crippen LogP contribution in [0.1, 0.15) is 55.9 Å². The molecule has 2 aliphatic rings. The van der Waals surface area contributed by atoms with Crippen LogP contribution in [0.4, 0.5) is 0 Å². The minimum atomic E-state index is -0.137. The van der Waals surface area contributed by atoms with Crippen LogP contribution in [0.5, 0.6) is 0 Å². The standard InChI is InChI=1S/C22H34N6O2/c1-4-18-5-6-19(30-18)15-27-12-9-20-24-25-21(28(20)14-13-27)16(2)23-22(29)17-7-10-26(3)11-8-17/h5-6,16-17H,4,7-15H2,1-3H3,(H,23,29). The average molecular weight is 415 g/mol. The minimum absolute atomic E-state index is 0.104. The predicted octanol–water partition coefficient (Wildman–Crippen LogP) is 2.01. The molecule has 1 fully saturated rings. The number of hydrogen-bond acceptors (Lipinski definition) is 6. The molecule has 0 aliphatic carbocycles. The summed E-state index contributed by atoms with van der Waals surface area (Å²) in [6.45, 7) is 9.57. The Morgan fingerprint density at radius 3 is 2.67 bits per heavy atom. The number of carbonyl (C=O) groups excluding carboxylic acids is 1. The Morgan fingerprint density at radius 2 is 1.93 bits per heavy atom.